The molecule has 3 nitrogen and oxygen atoms in total. The number of hydrogen-bond acceptors (Lipinski definition) is 2. The van der Waals surface area contributed by atoms with Crippen LogP contribution in [0.4, 0.5) is 5.69 Å². The highest BCUT2D eigenvalue weighted by Crippen LogP contribution is 2.16. The van der Waals surface area contributed by atoms with Crippen molar-refractivity contribution in [1.82, 2.24) is 0 Å². The second kappa shape index (κ2) is 6.68. The van der Waals surface area contributed by atoms with Crippen LogP contribution in [0.3, 0.4) is 0 Å². The molecule has 0 aliphatic carbocycles. The molecule has 19 heavy (non-hydrogen) atoms. The lowest BCUT2D eigenvalue weighted by Crippen LogP contribution is -2.20. The van der Waals surface area contributed by atoms with E-state index in [2.05, 4.69) is 27.9 Å². The summed E-state index contributed by atoms with van der Waals surface area (Å²) in [5.74, 6) is -0.0717. The van der Waals surface area contributed by atoms with E-state index in [0.717, 1.165) is 14.8 Å². The summed E-state index contributed by atoms with van der Waals surface area (Å²) in [5.41, 5.74) is 7.78. The first kappa shape index (κ1) is 14.0. The Labute approximate surface area is 126 Å². The number of hydrogen-bond donors (Lipinski definition) is 2. The van der Waals surface area contributed by atoms with Crippen LogP contribution in [0.15, 0.2) is 54.6 Å². The van der Waals surface area contributed by atoms with Gasteiger partial charge >= 0.3 is 0 Å². The molecular formula is C15H15IN2O. The number of benzene rings is 2. The largest absolute Gasteiger partial charge is 0.326 e. The number of carbonyl (C=O) groups excluding carboxylic acids is 1. The van der Waals surface area contributed by atoms with Crippen molar-refractivity contribution in [2.24, 2.45) is 5.73 Å². The zero-order chi connectivity index (χ0) is 13.7. The second-order valence-corrected chi connectivity index (χ2v) is 5.52. The lowest BCUT2D eigenvalue weighted by atomic mass is 10.0. The Balaban J connectivity index is 1.93. The van der Waals surface area contributed by atoms with Crippen LogP contribution in [0.1, 0.15) is 18.0 Å². The van der Waals surface area contributed by atoms with Gasteiger partial charge in [0.2, 0.25) is 5.91 Å². The van der Waals surface area contributed by atoms with Crippen LogP contribution in [0, 0.1) is 3.57 Å². The Morgan fingerprint density at radius 3 is 2.37 bits per heavy atom. The number of anilines is 1. The van der Waals surface area contributed by atoms with E-state index in [1.807, 2.05) is 54.6 Å². The maximum atomic E-state index is 11.9. The number of carbonyl (C=O) groups is 1. The second-order valence-electron chi connectivity index (χ2n) is 4.28. The molecule has 2 rings (SSSR count). The van der Waals surface area contributed by atoms with Crippen LogP contribution in [-0.4, -0.2) is 5.91 Å². The van der Waals surface area contributed by atoms with Crippen LogP contribution < -0.4 is 11.1 Å². The molecule has 2 aromatic carbocycles. The first-order chi connectivity index (χ1) is 9.15. The number of nitrogens with two attached hydrogens (primary N) is 1. The van der Waals surface area contributed by atoms with E-state index < -0.39 is 0 Å². The highest BCUT2D eigenvalue weighted by Gasteiger charge is 2.11. The molecule has 4 heteroatoms. The molecule has 0 fully saturated rings. The summed E-state index contributed by atoms with van der Waals surface area (Å²) in [6.07, 6.45) is 0.274. The molecule has 98 valence electrons. The van der Waals surface area contributed by atoms with Crippen LogP contribution in [0.25, 0.3) is 0 Å². The number of nitrogens with one attached hydrogen (secondary N) is 1. The van der Waals surface area contributed by atoms with Gasteiger partial charge in [0.05, 0.1) is 0 Å². The van der Waals surface area contributed by atoms with E-state index in [1.165, 1.54) is 0 Å². The zero-order valence-electron chi connectivity index (χ0n) is 10.3. The highest BCUT2D eigenvalue weighted by molar-refractivity contribution is 14.1. The maximum absolute atomic E-state index is 11.9. The SMILES string of the molecule is NC(CC(=O)Nc1ccc(I)cc1)c1ccccc1. The van der Waals surface area contributed by atoms with Crippen molar-refractivity contribution in [2.45, 2.75) is 12.5 Å². The molecular weight excluding hydrogens is 351 g/mol. The fraction of sp³-hybridized carbons (Fsp3) is 0.133. The summed E-state index contributed by atoms with van der Waals surface area (Å²) in [6, 6.07) is 17.0. The summed E-state index contributed by atoms with van der Waals surface area (Å²) < 4.78 is 1.14. The average Bonchev–Trinajstić information content (AvgIpc) is 2.42. The fourth-order valence-electron chi connectivity index (χ4n) is 1.76. The average molecular weight is 366 g/mol. The lowest BCUT2D eigenvalue weighted by Gasteiger charge is -2.12. The molecule has 0 aliphatic rings. The van der Waals surface area contributed by atoms with E-state index in [-0.39, 0.29) is 18.4 Å². The van der Waals surface area contributed by atoms with Crippen molar-refractivity contribution in [3.8, 4) is 0 Å². The molecule has 2 aromatic rings. The Morgan fingerprint density at radius 2 is 1.74 bits per heavy atom. The normalized spacial score (nSPS) is 11.9. The molecule has 0 radical (unpaired) electrons. The molecule has 0 bridgehead atoms. The van der Waals surface area contributed by atoms with Crippen molar-refractivity contribution < 1.29 is 4.79 Å². The van der Waals surface area contributed by atoms with E-state index in [4.69, 9.17) is 5.73 Å². The highest BCUT2D eigenvalue weighted by atomic mass is 127. The number of rotatable bonds is 4. The number of halogens is 1. The lowest BCUT2D eigenvalue weighted by molar-refractivity contribution is -0.116. The molecule has 0 aromatic heterocycles. The third-order valence-corrected chi connectivity index (χ3v) is 3.48. The van der Waals surface area contributed by atoms with Crippen molar-refractivity contribution in [3.63, 3.8) is 0 Å². The smallest absolute Gasteiger partial charge is 0.226 e. The Morgan fingerprint density at radius 1 is 1.11 bits per heavy atom. The molecule has 1 amide bonds. The summed E-state index contributed by atoms with van der Waals surface area (Å²) in [7, 11) is 0. The fourth-order valence-corrected chi connectivity index (χ4v) is 2.12. The monoisotopic (exact) mass is 366 g/mol. The van der Waals surface area contributed by atoms with Crippen LogP contribution >= 0.6 is 22.6 Å². The summed E-state index contributed by atoms with van der Waals surface area (Å²) in [5, 5.41) is 2.85. The summed E-state index contributed by atoms with van der Waals surface area (Å²) in [6.45, 7) is 0. The van der Waals surface area contributed by atoms with E-state index >= 15 is 0 Å². The van der Waals surface area contributed by atoms with Crippen molar-refractivity contribution in [1.29, 1.82) is 0 Å². The van der Waals surface area contributed by atoms with E-state index in [1.54, 1.807) is 0 Å². The molecule has 0 saturated carbocycles. The van der Waals surface area contributed by atoms with Gasteiger partial charge in [-0.05, 0) is 52.4 Å². The van der Waals surface area contributed by atoms with Gasteiger partial charge in [-0.25, -0.2) is 0 Å². The molecule has 3 N–H and O–H groups in total. The molecule has 1 atom stereocenters. The molecule has 0 saturated heterocycles. The standard InChI is InChI=1S/C15H15IN2O/c16-12-6-8-13(9-7-12)18-15(19)10-14(17)11-4-2-1-3-5-11/h1-9,14H,10,17H2,(H,18,19). The minimum Gasteiger partial charge on any atom is -0.326 e. The maximum Gasteiger partial charge on any atom is 0.226 e. The van der Waals surface area contributed by atoms with Crippen molar-refractivity contribution >= 4 is 34.2 Å². The van der Waals surface area contributed by atoms with Gasteiger partial charge in [0.15, 0.2) is 0 Å². The van der Waals surface area contributed by atoms with Crippen molar-refractivity contribution in [3.05, 3.63) is 63.7 Å². The minimum absolute atomic E-state index is 0.0717. The molecule has 1 unspecified atom stereocenters. The Kier molecular flexibility index (Phi) is 4.93. The predicted molar refractivity (Wildman–Crippen MR) is 85.8 cm³/mol. The van der Waals surface area contributed by atoms with Crippen LogP contribution in [0.5, 0.6) is 0 Å². The minimum atomic E-state index is -0.273. The Bertz CT molecular complexity index is 540. The van der Waals surface area contributed by atoms with Gasteiger partial charge in [-0.3, -0.25) is 4.79 Å². The first-order valence-electron chi connectivity index (χ1n) is 6.01. The third-order valence-electron chi connectivity index (χ3n) is 2.76. The van der Waals surface area contributed by atoms with Gasteiger partial charge in [-0.1, -0.05) is 30.3 Å². The van der Waals surface area contributed by atoms with Gasteiger partial charge in [0.25, 0.3) is 0 Å². The van der Waals surface area contributed by atoms with Gasteiger partial charge in [0.1, 0.15) is 0 Å². The van der Waals surface area contributed by atoms with Gasteiger partial charge in [-0.2, -0.15) is 0 Å². The van der Waals surface area contributed by atoms with Gasteiger partial charge in [0, 0.05) is 21.7 Å². The topological polar surface area (TPSA) is 55.1 Å². The van der Waals surface area contributed by atoms with Gasteiger partial charge in [-0.15, -0.1) is 0 Å². The summed E-state index contributed by atoms with van der Waals surface area (Å²) >= 11 is 2.23. The molecule has 0 aliphatic heterocycles. The Hall–Kier alpha value is -1.40. The van der Waals surface area contributed by atoms with Gasteiger partial charge < -0.3 is 11.1 Å². The van der Waals surface area contributed by atoms with E-state index in [0.29, 0.717) is 0 Å². The molecule has 0 spiro atoms. The van der Waals surface area contributed by atoms with E-state index in [9.17, 15) is 4.79 Å². The third kappa shape index (κ3) is 4.33. The first-order valence-corrected chi connectivity index (χ1v) is 7.09. The van der Waals surface area contributed by atoms with Crippen LogP contribution in [-0.2, 0) is 4.79 Å². The molecule has 0 heterocycles. The summed E-state index contributed by atoms with van der Waals surface area (Å²) in [4.78, 5) is 11.9. The number of amides is 1. The zero-order valence-corrected chi connectivity index (χ0v) is 12.5. The predicted octanol–water partition coefficient (Wildman–Crippen LogP) is 3.32. The van der Waals surface area contributed by atoms with Crippen molar-refractivity contribution in [2.75, 3.05) is 5.32 Å². The van der Waals surface area contributed by atoms with Crippen LogP contribution in [0.2, 0.25) is 0 Å². The quantitative estimate of drug-likeness (QED) is 0.816.